The summed E-state index contributed by atoms with van der Waals surface area (Å²) in [7, 11) is 0. The summed E-state index contributed by atoms with van der Waals surface area (Å²) in [5.41, 5.74) is 1.74. The van der Waals surface area contributed by atoms with Crippen LogP contribution in [0.5, 0.6) is 0 Å². The molecule has 1 N–H and O–H groups in total. The van der Waals surface area contributed by atoms with E-state index in [1.54, 1.807) is 6.07 Å². The second-order valence-corrected chi connectivity index (χ2v) is 4.57. The van der Waals surface area contributed by atoms with Crippen LogP contribution in [0.15, 0.2) is 12.1 Å². The molecule has 0 radical (unpaired) electrons. The van der Waals surface area contributed by atoms with E-state index in [9.17, 15) is 9.18 Å². The van der Waals surface area contributed by atoms with Crippen molar-refractivity contribution in [2.45, 2.75) is 12.3 Å². The number of aliphatic carboxylic acids is 1. The molecule has 0 aromatic heterocycles. The molecule has 0 unspecified atom stereocenters. The van der Waals surface area contributed by atoms with Gasteiger partial charge in [0, 0.05) is 5.92 Å². The van der Waals surface area contributed by atoms with Crippen molar-refractivity contribution in [3.8, 4) is 0 Å². The van der Waals surface area contributed by atoms with Crippen LogP contribution in [-0.2, 0) is 11.2 Å². The minimum atomic E-state index is -0.795. The molecular formula is C11H8ClFO2. The summed E-state index contributed by atoms with van der Waals surface area (Å²) in [5, 5.41) is 9.02. The van der Waals surface area contributed by atoms with Crippen LogP contribution in [0.3, 0.4) is 0 Å². The standard InChI is InChI=1S/C11H8ClFO2/c12-10-6(13)2-1-4-3-5-8(7(4)10)9(5)11(14)15/h1-2,5,8-9H,3H2,(H,14,15)/t5-,8+,9+/m0/s1. The fourth-order valence-electron chi connectivity index (χ4n) is 2.76. The van der Waals surface area contributed by atoms with Gasteiger partial charge in [-0.1, -0.05) is 17.7 Å². The maximum atomic E-state index is 13.2. The van der Waals surface area contributed by atoms with E-state index >= 15 is 0 Å². The van der Waals surface area contributed by atoms with Crippen molar-refractivity contribution in [2.24, 2.45) is 11.8 Å². The Hall–Kier alpha value is -1.09. The molecule has 4 heteroatoms. The minimum Gasteiger partial charge on any atom is -0.481 e. The second kappa shape index (κ2) is 2.73. The third kappa shape index (κ3) is 1.07. The zero-order chi connectivity index (χ0) is 10.7. The van der Waals surface area contributed by atoms with E-state index in [1.807, 2.05) is 0 Å². The van der Waals surface area contributed by atoms with Crippen LogP contribution >= 0.6 is 11.6 Å². The van der Waals surface area contributed by atoms with Gasteiger partial charge in [0.05, 0.1) is 10.9 Å². The number of halogens is 2. The first-order chi connectivity index (χ1) is 7.11. The van der Waals surface area contributed by atoms with Gasteiger partial charge in [0.15, 0.2) is 0 Å². The molecule has 15 heavy (non-hydrogen) atoms. The monoisotopic (exact) mass is 226 g/mol. The molecule has 0 spiro atoms. The molecular weight excluding hydrogens is 219 g/mol. The first-order valence-electron chi connectivity index (χ1n) is 4.81. The lowest BCUT2D eigenvalue weighted by Gasteiger charge is -2.07. The third-order valence-corrected chi connectivity index (χ3v) is 3.85. The molecule has 1 aromatic carbocycles. The quantitative estimate of drug-likeness (QED) is 0.799. The molecule has 2 nitrogen and oxygen atoms in total. The van der Waals surface area contributed by atoms with E-state index in [0.717, 1.165) is 17.5 Å². The molecule has 2 aliphatic rings. The van der Waals surface area contributed by atoms with Crippen molar-refractivity contribution >= 4 is 17.6 Å². The Morgan fingerprint density at radius 3 is 2.93 bits per heavy atom. The second-order valence-electron chi connectivity index (χ2n) is 4.19. The first-order valence-corrected chi connectivity index (χ1v) is 5.18. The predicted molar refractivity (Wildman–Crippen MR) is 52.5 cm³/mol. The van der Waals surface area contributed by atoms with Crippen molar-refractivity contribution in [2.75, 3.05) is 0 Å². The summed E-state index contributed by atoms with van der Waals surface area (Å²) in [6, 6.07) is 3.06. The van der Waals surface area contributed by atoms with Gasteiger partial charge >= 0.3 is 5.97 Å². The van der Waals surface area contributed by atoms with Crippen molar-refractivity contribution in [3.63, 3.8) is 0 Å². The molecule has 0 aliphatic heterocycles. The highest BCUT2D eigenvalue weighted by atomic mass is 35.5. The third-order valence-electron chi connectivity index (χ3n) is 3.47. The summed E-state index contributed by atoms with van der Waals surface area (Å²) in [5.74, 6) is -1.52. The Balaban J connectivity index is 2.08. The van der Waals surface area contributed by atoms with Gasteiger partial charge in [-0.2, -0.15) is 0 Å². The Bertz CT molecular complexity index is 472. The highest BCUT2D eigenvalue weighted by molar-refractivity contribution is 6.31. The Morgan fingerprint density at radius 1 is 1.53 bits per heavy atom. The van der Waals surface area contributed by atoms with Crippen molar-refractivity contribution in [3.05, 3.63) is 34.1 Å². The summed E-state index contributed by atoms with van der Waals surface area (Å²) in [6.45, 7) is 0. The van der Waals surface area contributed by atoms with Crippen LogP contribution in [0.25, 0.3) is 0 Å². The molecule has 0 amide bonds. The molecule has 1 fully saturated rings. The van der Waals surface area contributed by atoms with Crippen molar-refractivity contribution < 1.29 is 14.3 Å². The van der Waals surface area contributed by atoms with Gasteiger partial charge in [-0.25, -0.2) is 4.39 Å². The van der Waals surface area contributed by atoms with E-state index in [4.69, 9.17) is 16.7 Å². The van der Waals surface area contributed by atoms with Crippen molar-refractivity contribution in [1.29, 1.82) is 0 Å². The first kappa shape index (κ1) is 9.16. The lowest BCUT2D eigenvalue weighted by Crippen LogP contribution is -2.05. The van der Waals surface area contributed by atoms with Gasteiger partial charge in [0.2, 0.25) is 0 Å². The van der Waals surface area contributed by atoms with Crippen LogP contribution in [0, 0.1) is 17.7 Å². The maximum absolute atomic E-state index is 13.2. The summed E-state index contributed by atoms with van der Waals surface area (Å²) in [4.78, 5) is 10.8. The lowest BCUT2D eigenvalue weighted by atomic mass is 10.0. The Labute approximate surface area is 90.7 Å². The fourth-order valence-corrected chi connectivity index (χ4v) is 3.07. The molecule has 2 aliphatic carbocycles. The molecule has 3 atom stereocenters. The molecule has 0 bridgehead atoms. The van der Waals surface area contributed by atoms with E-state index in [0.29, 0.717) is 0 Å². The highest BCUT2D eigenvalue weighted by Crippen LogP contribution is 2.63. The zero-order valence-corrected chi connectivity index (χ0v) is 8.46. The molecule has 0 saturated heterocycles. The van der Waals surface area contributed by atoms with Crippen molar-refractivity contribution in [1.82, 2.24) is 0 Å². The van der Waals surface area contributed by atoms with Gasteiger partial charge in [-0.3, -0.25) is 4.79 Å². The Morgan fingerprint density at radius 2 is 2.27 bits per heavy atom. The average Bonchev–Trinajstić information content (AvgIpc) is 2.76. The van der Waals surface area contributed by atoms with E-state index in [1.165, 1.54) is 6.07 Å². The number of hydrogen-bond donors (Lipinski definition) is 1. The number of benzene rings is 1. The topological polar surface area (TPSA) is 37.3 Å². The van der Waals surface area contributed by atoms with Gasteiger partial charge in [0.25, 0.3) is 0 Å². The minimum absolute atomic E-state index is 0.0549. The van der Waals surface area contributed by atoms with Gasteiger partial charge < -0.3 is 5.11 Å². The normalized spacial score (nSPS) is 30.9. The lowest BCUT2D eigenvalue weighted by molar-refractivity contribution is -0.139. The van der Waals surface area contributed by atoms with Gasteiger partial charge in [-0.15, -0.1) is 0 Å². The molecule has 1 aromatic rings. The predicted octanol–water partition coefficient (Wildman–Crippen LogP) is 2.45. The number of rotatable bonds is 1. The van der Waals surface area contributed by atoms with Crippen LogP contribution in [0.2, 0.25) is 5.02 Å². The Kier molecular flexibility index (Phi) is 1.67. The average molecular weight is 227 g/mol. The number of carboxylic acids is 1. The van der Waals surface area contributed by atoms with Crippen LogP contribution < -0.4 is 0 Å². The number of fused-ring (bicyclic) bond motifs is 3. The largest absolute Gasteiger partial charge is 0.481 e. The summed E-state index contributed by atoms with van der Waals surface area (Å²) < 4.78 is 13.2. The number of hydrogen-bond acceptors (Lipinski definition) is 1. The van der Waals surface area contributed by atoms with Crippen LogP contribution in [0.4, 0.5) is 4.39 Å². The number of carboxylic acid groups (broad SMARTS) is 1. The number of carbonyl (C=O) groups is 1. The molecule has 3 rings (SSSR count). The maximum Gasteiger partial charge on any atom is 0.307 e. The van der Waals surface area contributed by atoms with Crippen LogP contribution in [-0.4, -0.2) is 11.1 Å². The summed E-state index contributed by atoms with van der Waals surface area (Å²) >= 11 is 5.86. The van der Waals surface area contributed by atoms with Gasteiger partial charge in [0.1, 0.15) is 5.82 Å². The molecule has 0 heterocycles. The van der Waals surface area contributed by atoms with E-state index in [-0.39, 0.29) is 22.8 Å². The molecule has 1 saturated carbocycles. The SMILES string of the molecule is O=C(O)[C@@H]1[C@H]2Cc3ccc(F)c(Cl)c3[C@@H]21. The zero-order valence-electron chi connectivity index (χ0n) is 7.71. The van der Waals surface area contributed by atoms with Crippen LogP contribution in [0.1, 0.15) is 17.0 Å². The summed E-state index contributed by atoms with van der Waals surface area (Å²) in [6.07, 6.45) is 0.719. The highest BCUT2D eigenvalue weighted by Gasteiger charge is 2.60. The smallest absolute Gasteiger partial charge is 0.307 e. The molecule has 78 valence electrons. The fraction of sp³-hybridized carbons (Fsp3) is 0.364. The van der Waals surface area contributed by atoms with E-state index < -0.39 is 11.8 Å². The van der Waals surface area contributed by atoms with E-state index in [2.05, 4.69) is 0 Å². The van der Waals surface area contributed by atoms with Gasteiger partial charge in [-0.05, 0) is 29.5 Å².